The number of sulfonamides is 1. The van der Waals surface area contributed by atoms with Gasteiger partial charge < -0.3 is 9.64 Å². The summed E-state index contributed by atoms with van der Waals surface area (Å²) in [5.74, 6) is 0.691. The maximum atomic E-state index is 12.8. The Balaban J connectivity index is 1.72. The van der Waals surface area contributed by atoms with Crippen LogP contribution in [0.1, 0.15) is 36.8 Å². The van der Waals surface area contributed by atoms with Crippen LogP contribution in [0.15, 0.2) is 17.0 Å². The van der Waals surface area contributed by atoms with Crippen LogP contribution in [0.2, 0.25) is 0 Å². The van der Waals surface area contributed by atoms with Crippen molar-refractivity contribution in [1.82, 2.24) is 9.62 Å². The van der Waals surface area contributed by atoms with Gasteiger partial charge in [0, 0.05) is 12.1 Å². The molecule has 0 spiro atoms. The molecule has 0 radical (unpaired) electrons. The van der Waals surface area contributed by atoms with Gasteiger partial charge in [0.25, 0.3) is 0 Å². The van der Waals surface area contributed by atoms with E-state index in [4.69, 9.17) is 4.74 Å². The minimum absolute atomic E-state index is 0.0379. The zero-order valence-electron chi connectivity index (χ0n) is 14.1. The molecule has 1 heterocycles. The topological polar surface area (TPSA) is 58.6 Å². The van der Waals surface area contributed by atoms with E-state index in [-0.39, 0.29) is 6.04 Å². The molecule has 0 bridgehead atoms. The summed E-state index contributed by atoms with van der Waals surface area (Å²) < 4.78 is 33.7. The fourth-order valence-corrected chi connectivity index (χ4v) is 5.31. The van der Waals surface area contributed by atoms with Gasteiger partial charge in [0.1, 0.15) is 5.75 Å². The number of hydrogen-bond donors (Lipinski definition) is 1. The summed E-state index contributed by atoms with van der Waals surface area (Å²) in [5, 5.41) is 0. The zero-order valence-corrected chi connectivity index (χ0v) is 14.9. The van der Waals surface area contributed by atoms with Crippen molar-refractivity contribution in [1.29, 1.82) is 0 Å². The summed E-state index contributed by atoms with van der Waals surface area (Å²) in [7, 11) is -1.90. The van der Waals surface area contributed by atoms with Gasteiger partial charge in [-0.15, -0.1) is 0 Å². The molecule has 1 saturated carbocycles. The van der Waals surface area contributed by atoms with Crippen LogP contribution >= 0.6 is 0 Å². The van der Waals surface area contributed by atoms with Crippen LogP contribution in [-0.2, 0) is 10.0 Å². The van der Waals surface area contributed by atoms with Crippen molar-refractivity contribution in [3.8, 4) is 5.75 Å². The predicted octanol–water partition coefficient (Wildman–Crippen LogP) is 2.22. The Kier molecular flexibility index (Phi) is 4.67. The molecule has 6 heteroatoms. The minimum atomic E-state index is -3.49. The fourth-order valence-electron chi connectivity index (χ4n) is 3.55. The Morgan fingerprint density at radius 3 is 2.13 bits per heavy atom. The Morgan fingerprint density at radius 2 is 1.65 bits per heavy atom. The molecular weight excluding hydrogens is 312 g/mol. The number of ether oxygens (including phenoxy) is 1. The maximum absolute atomic E-state index is 12.8. The van der Waals surface area contributed by atoms with Gasteiger partial charge in [0.05, 0.1) is 12.0 Å². The highest BCUT2D eigenvalue weighted by Crippen LogP contribution is 2.30. The molecule has 128 valence electrons. The van der Waals surface area contributed by atoms with Gasteiger partial charge in [-0.3, -0.25) is 0 Å². The highest BCUT2D eigenvalue weighted by molar-refractivity contribution is 7.89. The number of rotatable bonds is 5. The lowest BCUT2D eigenvalue weighted by molar-refractivity contribution is 0.199. The molecule has 0 aromatic heterocycles. The van der Waals surface area contributed by atoms with Gasteiger partial charge >= 0.3 is 0 Å². The third kappa shape index (κ3) is 3.70. The van der Waals surface area contributed by atoms with Gasteiger partial charge in [-0.05, 0) is 75.9 Å². The molecule has 0 atom stereocenters. The van der Waals surface area contributed by atoms with Crippen LogP contribution in [0.3, 0.4) is 0 Å². The van der Waals surface area contributed by atoms with Crippen LogP contribution in [0.25, 0.3) is 0 Å². The molecule has 3 rings (SSSR count). The van der Waals surface area contributed by atoms with E-state index < -0.39 is 10.0 Å². The lowest BCUT2D eigenvalue weighted by atomic mass is 10.1. The smallest absolute Gasteiger partial charge is 0.241 e. The molecule has 1 aromatic rings. The molecule has 1 aromatic carbocycles. The van der Waals surface area contributed by atoms with Crippen LogP contribution in [0.4, 0.5) is 0 Å². The van der Waals surface area contributed by atoms with E-state index in [0.29, 0.717) is 10.6 Å². The van der Waals surface area contributed by atoms with E-state index in [1.165, 1.54) is 12.8 Å². The maximum Gasteiger partial charge on any atom is 0.241 e. The lowest BCUT2D eigenvalue weighted by Gasteiger charge is -2.32. The molecule has 5 nitrogen and oxygen atoms in total. The average Bonchev–Trinajstić information content (AvgIpc) is 3.31. The van der Waals surface area contributed by atoms with Crippen molar-refractivity contribution >= 4 is 10.0 Å². The zero-order chi connectivity index (χ0) is 16.6. The molecule has 1 saturated heterocycles. The summed E-state index contributed by atoms with van der Waals surface area (Å²) in [4.78, 5) is 2.89. The second kappa shape index (κ2) is 6.42. The Bertz CT molecular complexity index is 652. The van der Waals surface area contributed by atoms with Gasteiger partial charge in [-0.25, -0.2) is 13.1 Å². The van der Waals surface area contributed by atoms with Crippen LogP contribution < -0.4 is 9.46 Å². The van der Waals surface area contributed by atoms with Crippen molar-refractivity contribution in [2.45, 2.75) is 56.5 Å². The number of benzene rings is 1. The highest BCUT2D eigenvalue weighted by Gasteiger charge is 2.33. The van der Waals surface area contributed by atoms with Crippen LogP contribution in [0, 0.1) is 13.8 Å². The monoisotopic (exact) mass is 338 g/mol. The predicted molar refractivity (Wildman–Crippen MR) is 90.4 cm³/mol. The third-order valence-corrected chi connectivity index (χ3v) is 6.68. The van der Waals surface area contributed by atoms with Crippen LogP contribution in [-0.4, -0.2) is 45.6 Å². The molecule has 1 N–H and O–H groups in total. The van der Waals surface area contributed by atoms with Crippen molar-refractivity contribution in [3.63, 3.8) is 0 Å². The summed E-state index contributed by atoms with van der Waals surface area (Å²) >= 11 is 0. The van der Waals surface area contributed by atoms with E-state index in [1.54, 1.807) is 19.2 Å². The SMILES string of the molecule is COc1cc(C)c(S(=O)(=O)NC2CCN(C3CC3)CC2)c(C)c1. The van der Waals surface area contributed by atoms with Crippen molar-refractivity contribution < 1.29 is 13.2 Å². The van der Waals surface area contributed by atoms with Crippen molar-refractivity contribution in [3.05, 3.63) is 23.3 Å². The van der Waals surface area contributed by atoms with Gasteiger partial charge in [0.15, 0.2) is 0 Å². The third-order valence-electron chi connectivity index (χ3n) is 4.85. The van der Waals surface area contributed by atoms with Gasteiger partial charge in [-0.1, -0.05) is 0 Å². The molecule has 1 aliphatic heterocycles. The second-order valence-electron chi connectivity index (χ2n) is 6.75. The average molecular weight is 338 g/mol. The molecule has 2 fully saturated rings. The van der Waals surface area contributed by atoms with Crippen molar-refractivity contribution in [2.24, 2.45) is 0 Å². The number of aryl methyl sites for hydroxylation is 2. The molecule has 23 heavy (non-hydrogen) atoms. The van der Waals surface area contributed by atoms with Gasteiger partial charge in [0.2, 0.25) is 10.0 Å². The standard InChI is InChI=1S/C17H26N2O3S/c1-12-10-16(22-3)11-13(2)17(12)23(20,21)18-14-6-8-19(9-7-14)15-4-5-15/h10-11,14-15,18H,4-9H2,1-3H3. The number of hydrogen-bond acceptors (Lipinski definition) is 4. The Labute approximate surface area is 139 Å². The highest BCUT2D eigenvalue weighted by atomic mass is 32.2. The van der Waals surface area contributed by atoms with E-state index in [2.05, 4.69) is 9.62 Å². The quantitative estimate of drug-likeness (QED) is 0.894. The molecule has 1 aliphatic carbocycles. The number of likely N-dealkylation sites (tertiary alicyclic amines) is 1. The van der Waals surface area contributed by atoms with E-state index in [0.717, 1.165) is 43.1 Å². The number of piperidine rings is 1. The first-order chi connectivity index (χ1) is 10.9. The van der Waals surface area contributed by atoms with E-state index in [9.17, 15) is 8.42 Å². The Morgan fingerprint density at radius 1 is 1.09 bits per heavy atom. The summed E-state index contributed by atoms with van der Waals surface area (Å²) in [5.41, 5.74) is 1.45. The molecular formula is C17H26N2O3S. The van der Waals surface area contributed by atoms with Crippen molar-refractivity contribution in [2.75, 3.05) is 20.2 Å². The first kappa shape index (κ1) is 16.7. The molecule has 0 amide bonds. The fraction of sp³-hybridized carbons (Fsp3) is 0.647. The van der Waals surface area contributed by atoms with Crippen LogP contribution in [0.5, 0.6) is 5.75 Å². The largest absolute Gasteiger partial charge is 0.497 e. The lowest BCUT2D eigenvalue weighted by Crippen LogP contribution is -2.45. The molecule has 0 unspecified atom stereocenters. The van der Waals surface area contributed by atoms with Gasteiger partial charge in [-0.2, -0.15) is 0 Å². The number of nitrogens with one attached hydrogen (secondary N) is 1. The second-order valence-corrected chi connectivity index (χ2v) is 8.40. The van der Waals surface area contributed by atoms with E-state index >= 15 is 0 Å². The number of methoxy groups -OCH3 is 1. The summed E-state index contributed by atoms with van der Waals surface area (Å²) in [6.45, 7) is 5.64. The van der Waals surface area contributed by atoms with E-state index in [1.807, 2.05) is 13.8 Å². The summed E-state index contributed by atoms with van der Waals surface area (Å²) in [6.07, 6.45) is 4.40. The minimum Gasteiger partial charge on any atom is -0.497 e. The summed E-state index contributed by atoms with van der Waals surface area (Å²) in [6, 6.07) is 4.35. The first-order valence-electron chi connectivity index (χ1n) is 8.32. The Hall–Kier alpha value is -1.11. The number of nitrogens with zero attached hydrogens (tertiary/aromatic N) is 1. The normalized spacial score (nSPS) is 20.7. The first-order valence-corrected chi connectivity index (χ1v) is 9.80. The molecule has 2 aliphatic rings.